The van der Waals surface area contributed by atoms with E-state index < -0.39 is 10.0 Å². The van der Waals surface area contributed by atoms with Gasteiger partial charge in [0.05, 0.1) is 4.90 Å². The quantitative estimate of drug-likeness (QED) is 0.687. The van der Waals surface area contributed by atoms with Gasteiger partial charge in [-0.15, -0.1) is 0 Å². The summed E-state index contributed by atoms with van der Waals surface area (Å²) < 4.78 is 28.2. The molecule has 118 valence electrons. The van der Waals surface area contributed by atoms with Crippen LogP contribution in [0, 0.1) is 5.92 Å². The lowest BCUT2D eigenvalue weighted by atomic mass is 10.2. The van der Waals surface area contributed by atoms with Crippen LogP contribution in [-0.2, 0) is 16.6 Å². The van der Waals surface area contributed by atoms with Gasteiger partial charge in [-0.3, -0.25) is 0 Å². The van der Waals surface area contributed by atoms with Crippen molar-refractivity contribution in [2.75, 3.05) is 6.54 Å². The molecule has 1 aromatic carbocycles. The minimum Gasteiger partial charge on any atom is -0.313 e. The van der Waals surface area contributed by atoms with Crippen LogP contribution in [0.25, 0.3) is 0 Å². The lowest BCUT2D eigenvalue weighted by Crippen LogP contribution is -2.34. The van der Waals surface area contributed by atoms with Crippen molar-refractivity contribution in [2.45, 2.75) is 50.6 Å². The monoisotopic (exact) mass is 374 g/mol. The molecule has 0 heterocycles. The summed E-state index contributed by atoms with van der Waals surface area (Å²) in [5.41, 5.74) is 1.07. The zero-order valence-corrected chi connectivity index (χ0v) is 14.9. The third-order valence-electron chi connectivity index (χ3n) is 3.71. The molecule has 1 aromatic rings. The smallest absolute Gasteiger partial charge is 0.241 e. The van der Waals surface area contributed by atoms with Crippen LogP contribution in [0.5, 0.6) is 0 Å². The fourth-order valence-corrected chi connectivity index (χ4v) is 4.72. The van der Waals surface area contributed by atoms with Gasteiger partial charge in [0.2, 0.25) is 10.0 Å². The minimum absolute atomic E-state index is 0.00722. The van der Waals surface area contributed by atoms with Gasteiger partial charge >= 0.3 is 0 Å². The molecule has 0 bridgehead atoms. The van der Waals surface area contributed by atoms with Crippen molar-refractivity contribution >= 4 is 26.0 Å². The van der Waals surface area contributed by atoms with E-state index in [4.69, 9.17) is 0 Å². The summed E-state index contributed by atoms with van der Waals surface area (Å²) in [5.74, 6) is 0.496. The molecule has 1 fully saturated rings. The SMILES string of the molecule is CCCNCc1ccc(S(=O)(=O)NC(C)C2CC2)c(Br)c1. The van der Waals surface area contributed by atoms with Gasteiger partial charge in [0.1, 0.15) is 0 Å². The molecule has 0 saturated heterocycles. The Morgan fingerprint density at radius 3 is 2.67 bits per heavy atom. The molecule has 1 unspecified atom stereocenters. The summed E-state index contributed by atoms with van der Waals surface area (Å²) in [5, 5.41) is 3.31. The van der Waals surface area contributed by atoms with E-state index in [1.165, 1.54) is 0 Å². The van der Waals surface area contributed by atoms with E-state index in [2.05, 4.69) is 32.9 Å². The van der Waals surface area contributed by atoms with Crippen LogP contribution in [0.15, 0.2) is 27.6 Å². The number of hydrogen-bond acceptors (Lipinski definition) is 3. The predicted molar refractivity (Wildman–Crippen MR) is 88.6 cm³/mol. The second-order valence-electron chi connectivity index (χ2n) is 5.69. The van der Waals surface area contributed by atoms with E-state index in [1.807, 2.05) is 19.1 Å². The number of hydrogen-bond donors (Lipinski definition) is 2. The zero-order valence-electron chi connectivity index (χ0n) is 12.5. The first-order valence-electron chi connectivity index (χ1n) is 7.45. The van der Waals surface area contributed by atoms with Gasteiger partial charge in [0.15, 0.2) is 0 Å². The first-order chi connectivity index (χ1) is 9.94. The van der Waals surface area contributed by atoms with Gasteiger partial charge in [0.25, 0.3) is 0 Å². The summed E-state index contributed by atoms with van der Waals surface area (Å²) in [4.78, 5) is 0.314. The van der Waals surface area contributed by atoms with Crippen LogP contribution in [0.3, 0.4) is 0 Å². The number of halogens is 1. The Hall–Kier alpha value is -0.430. The third kappa shape index (κ3) is 4.77. The van der Waals surface area contributed by atoms with Gasteiger partial charge < -0.3 is 5.32 Å². The summed E-state index contributed by atoms with van der Waals surface area (Å²) in [6.07, 6.45) is 3.32. The van der Waals surface area contributed by atoms with E-state index in [0.29, 0.717) is 15.3 Å². The highest BCUT2D eigenvalue weighted by atomic mass is 79.9. The Bertz CT molecular complexity index is 585. The largest absolute Gasteiger partial charge is 0.313 e. The van der Waals surface area contributed by atoms with Crippen LogP contribution >= 0.6 is 15.9 Å². The second kappa shape index (κ2) is 7.22. The third-order valence-corrected chi connectivity index (χ3v) is 6.25. The highest BCUT2D eigenvalue weighted by Gasteiger charge is 2.31. The van der Waals surface area contributed by atoms with E-state index >= 15 is 0 Å². The number of nitrogens with one attached hydrogen (secondary N) is 2. The maximum Gasteiger partial charge on any atom is 0.241 e. The van der Waals surface area contributed by atoms with Crippen molar-refractivity contribution < 1.29 is 8.42 Å². The van der Waals surface area contributed by atoms with E-state index in [9.17, 15) is 8.42 Å². The fourth-order valence-electron chi connectivity index (χ4n) is 2.28. The van der Waals surface area contributed by atoms with E-state index in [0.717, 1.165) is 37.9 Å². The first-order valence-corrected chi connectivity index (χ1v) is 9.73. The maximum absolute atomic E-state index is 12.4. The van der Waals surface area contributed by atoms with Crippen molar-refractivity contribution in [3.05, 3.63) is 28.2 Å². The normalized spacial score (nSPS) is 16.9. The summed E-state index contributed by atoms with van der Waals surface area (Å²) >= 11 is 3.39. The Morgan fingerprint density at radius 2 is 2.10 bits per heavy atom. The molecular formula is C15H23BrN2O2S. The molecule has 6 heteroatoms. The minimum atomic E-state index is -3.45. The molecule has 2 N–H and O–H groups in total. The van der Waals surface area contributed by atoms with Crippen LogP contribution < -0.4 is 10.0 Å². The molecule has 1 saturated carbocycles. The first kappa shape index (κ1) is 16.9. The van der Waals surface area contributed by atoms with Crippen LogP contribution in [0.2, 0.25) is 0 Å². The molecular weight excluding hydrogens is 352 g/mol. The molecule has 1 aliphatic rings. The number of benzene rings is 1. The van der Waals surface area contributed by atoms with Crippen LogP contribution in [0.1, 0.15) is 38.7 Å². The second-order valence-corrected chi connectivity index (χ2v) is 8.23. The zero-order chi connectivity index (χ0) is 15.5. The van der Waals surface area contributed by atoms with Gasteiger partial charge in [-0.1, -0.05) is 13.0 Å². The van der Waals surface area contributed by atoms with Crippen LogP contribution in [-0.4, -0.2) is 21.0 Å². The number of sulfonamides is 1. The molecule has 0 radical (unpaired) electrons. The van der Waals surface area contributed by atoms with Gasteiger partial charge in [0, 0.05) is 17.1 Å². The lowest BCUT2D eigenvalue weighted by Gasteiger charge is -2.15. The molecule has 4 nitrogen and oxygen atoms in total. The molecule has 1 atom stereocenters. The van der Waals surface area contributed by atoms with Crippen molar-refractivity contribution in [2.24, 2.45) is 5.92 Å². The van der Waals surface area contributed by atoms with Crippen molar-refractivity contribution in [3.8, 4) is 0 Å². The maximum atomic E-state index is 12.4. The van der Waals surface area contributed by atoms with Crippen molar-refractivity contribution in [1.82, 2.24) is 10.0 Å². The summed E-state index contributed by atoms with van der Waals surface area (Å²) in [7, 11) is -3.45. The molecule has 1 aliphatic carbocycles. The summed E-state index contributed by atoms with van der Waals surface area (Å²) in [6, 6.07) is 5.42. The Labute approximate surface area is 135 Å². The van der Waals surface area contributed by atoms with Crippen LogP contribution in [0.4, 0.5) is 0 Å². The fraction of sp³-hybridized carbons (Fsp3) is 0.600. The molecule has 0 amide bonds. The van der Waals surface area contributed by atoms with E-state index in [1.54, 1.807) is 6.07 Å². The summed E-state index contributed by atoms with van der Waals surface area (Å²) in [6.45, 7) is 5.76. The highest BCUT2D eigenvalue weighted by Crippen LogP contribution is 2.33. The lowest BCUT2D eigenvalue weighted by molar-refractivity contribution is 0.537. The molecule has 0 aliphatic heterocycles. The predicted octanol–water partition coefficient (Wildman–Crippen LogP) is 3.03. The average molecular weight is 375 g/mol. The molecule has 0 spiro atoms. The standard InChI is InChI=1S/C15H23BrN2O2S/c1-3-8-17-10-12-4-7-15(14(16)9-12)21(19,20)18-11(2)13-5-6-13/h4,7,9,11,13,17-18H,3,5-6,8,10H2,1-2H3. The Kier molecular flexibility index (Phi) is 5.82. The van der Waals surface area contributed by atoms with Gasteiger partial charge in [-0.2, -0.15) is 0 Å². The van der Waals surface area contributed by atoms with Gasteiger partial charge in [-0.25, -0.2) is 13.1 Å². The van der Waals surface area contributed by atoms with Gasteiger partial charge in [-0.05, 0) is 72.3 Å². The molecule has 0 aromatic heterocycles. The van der Waals surface area contributed by atoms with E-state index in [-0.39, 0.29) is 6.04 Å². The molecule has 2 rings (SSSR count). The van der Waals surface area contributed by atoms with Crippen molar-refractivity contribution in [3.63, 3.8) is 0 Å². The average Bonchev–Trinajstić information content (AvgIpc) is 3.22. The Morgan fingerprint density at radius 1 is 1.38 bits per heavy atom. The highest BCUT2D eigenvalue weighted by molar-refractivity contribution is 9.10. The number of rotatable bonds is 8. The Balaban J connectivity index is 2.08. The molecule has 21 heavy (non-hydrogen) atoms. The van der Waals surface area contributed by atoms with Crippen molar-refractivity contribution in [1.29, 1.82) is 0 Å². The topological polar surface area (TPSA) is 58.2 Å².